The topological polar surface area (TPSA) is 43.1 Å². The van der Waals surface area contributed by atoms with E-state index in [0.717, 1.165) is 37.8 Å². The number of nitrogens with two attached hydrogens (primary N) is 1. The van der Waals surface area contributed by atoms with Gasteiger partial charge in [0.05, 0.1) is 0 Å². The van der Waals surface area contributed by atoms with Gasteiger partial charge in [0.2, 0.25) is 0 Å². The first-order valence-corrected chi connectivity index (χ1v) is 5.83. The highest BCUT2D eigenvalue weighted by Crippen LogP contribution is 2.12. The van der Waals surface area contributed by atoms with Gasteiger partial charge in [-0.25, -0.2) is 8.78 Å². The minimum atomic E-state index is -0.973. The predicted molar refractivity (Wildman–Crippen MR) is 62.8 cm³/mol. The molecule has 1 aromatic carbocycles. The molecular formula is C13H17F2NO. The van der Waals surface area contributed by atoms with Gasteiger partial charge in [-0.2, -0.15) is 0 Å². The molecular weight excluding hydrogens is 224 g/mol. The number of unbranched alkanes of at least 4 members (excludes halogenated alkanes) is 3. The first-order chi connectivity index (χ1) is 8.15. The smallest absolute Gasteiger partial charge is 0.162 e. The Kier molecular flexibility index (Phi) is 5.77. The van der Waals surface area contributed by atoms with Crippen molar-refractivity contribution in [2.24, 2.45) is 5.73 Å². The molecule has 0 heterocycles. The van der Waals surface area contributed by atoms with Crippen molar-refractivity contribution in [2.45, 2.75) is 32.1 Å². The molecule has 0 unspecified atom stereocenters. The van der Waals surface area contributed by atoms with E-state index < -0.39 is 11.6 Å². The number of hydrogen-bond donors (Lipinski definition) is 1. The van der Waals surface area contributed by atoms with Crippen molar-refractivity contribution in [3.63, 3.8) is 0 Å². The lowest BCUT2D eigenvalue weighted by atomic mass is 10.0. The Hall–Kier alpha value is -1.29. The van der Waals surface area contributed by atoms with Gasteiger partial charge in [0, 0.05) is 12.0 Å². The fourth-order valence-electron chi connectivity index (χ4n) is 1.60. The lowest BCUT2D eigenvalue weighted by Gasteiger charge is -2.02. The van der Waals surface area contributed by atoms with E-state index in [9.17, 15) is 13.6 Å². The second kappa shape index (κ2) is 7.12. The van der Waals surface area contributed by atoms with Gasteiger partial charge in [0.1, 0.15) is 0 Å². The van der Waals surface area contributed by atoms with Crippen molar-refractivity contribution in [1.29, 1.82) is 0 Å². The van der Waals surface area contributed by atoms with E-state index in [1.54, 1.807) is 0 Å². The van der Waals surface area contributed by atoms with Crippen molar-refractivity contribution < 1.29 is 13.6 Å². The van der Waals surface area contributed by atoms with Crippen LogP contribution >= 0.6 is 0 Å². The molecule has 4 heteroatoms. The number of Topliss-reactive ketones (excluding diaryl/α,β-unsaturated/α-hetero) is 1. The normalized spacial score (nSPS) is 10.5. The van der Waals surface area contributed by atoms with E-state index in [0.29, 0.717) is 13.0 Å². The quantitative estimate of drug-likeness (QED) is 0.589. The molecule has 0 aliphatic carbocycles. The van der Waals surface area contributed by atoms with Crippen LogP contribution in [0.4, 0.5) is 8.78 Å². The largest absolute Gasteiger partial charge is 0.330 e. The lowest BCUT2D eigenvalue weighted by molar-refractivity contribution is 0.0978. The van der Waals surface area contributed by atoms with Gasteiger partial charge in [-0.1, -0.05) is 12.8 Å². The van der Waals surface area contributed by atoms with E-state index in [2.05, 4.69) is 0 Å². The third kappa shape index (κ3) is 4.61. The van der Waals surface area contributed by atoms with Crippen LogP contribution in [0.2, 0.25) is 0 Å². The summed E-state index contributed by atoms with van der Waals surface area (Å²) >= 11 is 0. The molecule has 0 radical (unpaired) electrons. The molecule has 0 aliphatic heterocycles. The number of carbonyl (C=O) groups is 1. The molecule has 2 N–H and O–H groups in total. The summed E-state index contributed by atoms with van der Waals surface area (Å²) in [7, 11) is 0. The predicted octanol–water partition coefficient (Wildman–Crippen LogP) is 3.06. The summed E-state index contributed by atoms with van der Waals surface area (Å²) in [5.41, 5.74) is 5.59. The van der Waals surface area contributed by atoms with Gasteiger partial charge in [0.15, 0.2) is 17.4 Å². The molecule has 0 saturated carbocycles. The molecule has 0 saturated heterocycles. The van der Waals surface area contributed by atoms with E-state index in [4.69, 9.17) is 5.73 Å². The van der Waals surface area contributed by atoms with Gasteiger partial charge in [-0.05, 0) is 37.6 Å². The first-order valence-electron chi connectivity index (χ1n) is 5.83. The molecule has 0 aromatic heterocycles. The van der Waals surface area contributed by atoms with Crippen molar-refractivity contribution in [2.75, 3.05) is 6.54 Å². The highest BCUT2D eigenvalue weighted by Gasteiger charge is 2.09. The Balaban J connectivity index is 2.39. The summed E-state index contributed by atoms with van der Waals surface area (Å²) in [6.45, 7) is 0.664. The van der Waals surface area contributed by atoms with Crippen LogP contribution < -0.4 is 5.73 Å². The van der Waals surface area contributed by atoms with Crippen LogP contribution in [0.1, 0.15) is 42.5 Å². The molecule has 0 fully saturated rings. The molecule has 0 amide bonds. The maximum absolute atomic E-state index is 12.9. The summed E-state index contributed by atoms with van der Waals surface area (Å²) < 4.78 is 25.5. The number of rotatable bonds is 7. The van der Waals surface area contributed by atoms with Crippen molar-refractivity contribution in [3.8, 4) is 0 Å². The van der Waals surface area contributed by atoms with E-state index in [1.807, 2.05) is 0 Å². The van der Waals surface area contributed by atoms with Crippen molar-refractivity contribution in [1.82, 2.24) is 0 Å². The number of carbonyl (C=O) groups excluding carboxylic acids is 1. The second-order valence-corrected chi connectivity index (χ2v) is 4.00. The van der Waals surface area contributed by atoms with Crippen LogP contribution in [0, 0.1) is 11.6 Å². The molecule has 0 spiro atoms. The molecule has 0 bridgehead atoms. The average Bonchev–Trinajstić information content (AvgIpc) is 2.32. The SMILES string of the molecule is NCCCCCCC(=O)c1ccc(F)c(F)c1. The van der Waals surface area contributed by atoms with Crippen LogP contribution in [0.5, 0.6) is 0 Å². The maximum Gasteiger partial charge on any atom is 0.162 e. The van der Waals surface area contributed by atoms with Gasteiger partial charge >= 0.3 is 0 Å². The maximum atomic E-state index is 12.9. The summed E-state index contributed by atoms with van der Waals surface area (Å²) in [6, 6.07) is 3.26. The summed E-state index contributed by atoms with van der Waals surface area (Å²) in [4.78, 5) is 11.6. The van der Waals surface area contributed by atoms with Gasteiger partial charge in [-0.15, -0.1) is 0 Å². The van der Waals surface area contributed by atoms with Gasteiger partial charge in [-0.3, -0.25) is 4.79 Å². The van der Waals surface area contributed by atoms with Crippen LogP contribution in [0.25, 0.3) is 0 Å². The summed E-state index contributed by atoms with van der Waals surface area (Å²) in [5.74, 6) is -2.04. The zero-order valence-electron chi connectivity index (χ0n) is 9.72. The van der Waals surface area contributed by atoms with Crippen LogP contribution in [0.3, 0.4) is 0 Å². The lowest BCUT2D eigenvalue weighted by Crippen LogP contribution is -2.01. The third-order valence-corrected chi connectivity index (χ3v) is 2.60. The van der Waals surface area contributed by atoms with Gasteiger partial charge < -0.3 is 5.73 Å². The zero-order valence-corrected chi connectivity index (χ0v) is 9.72. The molecule has 0 aliphatic rings. The number of halogens is 2. The Labute approximate surface area is 99.8 Å². The van der Waals surface area contributed by atoms with Crippen molar-refractivity contribution in [3.05, 3.63) is 35.4 Å². The van der Waals surface area contributed by atoms with Gasteiger partial charge in [0.25, 0.3) is 0 Å². The zero-order chi connectivity index (χ0) is 12.7. The molecule has 1 aromatic rings. The number of benzene rings is 1. The number of hydrogen-bond acceptors (Lipinski definition) is 2. The Morgan fingerprint density at radius 2 is 1.76 bits per heavy atom. The molecule has 17 heavy (non-hydrogen) atoms. The Morgan fingerprint density at radius 3 is 2.41 bits per heavy atom. The fourth-order valence-corrected chi connectivity index (χ4v) is 1.60. The Morgan fingerprint density at radius 1 is 1.06 bits per heavy atom. The average molecular weight is 241 g/mol. The monoisotopic (exact) mass is 241 g/mol. The van der Waals surface area contributed by atoms with Crippen LogP contribution in [0.15, 0.2) is 18.2 Å². The highest BCUT2D eigenvalue weighted by molar-refractivity contribution is 5.95. The van der Waals surface area contributed by atoms with E-state index in [-0.39, 0.29) is 11.3 Å². The van der Waals surface area contributed by atoms with Crippen molar-refractivity contribution >= 4 is 5.78 Å². The number of ketones is 1. The minimum Gasteiger partial charge on any atom is -0.330 e. The third-order valence-electron chi connectivity index (χ3n) is 2.60. The molecule has 0 atom stereocenters. The summed E-state index contributed by atoms with van der Waals surface area (Å²) in [5, 5.41) is 0. The highest BCUT2D eigenvalue weighted by atomic mass is 19.2. The second-order valence-electron chi connectivity index (χ2n) is 4.00. The molecule has 1 rings (SSSR count). The van der Waals surface area contributed by atoms with Crippen LogP contribution in [-0.2, 0) is 0 Å². The first kappa shape index (κ1) is 13.8. The van der Waals surface area contributed by atoms with E-state index in [1.165, 1.54) is 6.07 Å². The minimum absolute atomic E-state index is 0.142. The fraction of sp³-hybridized carbons (Fsp3) is 0.462. The van der Waals surface area contributed by atoms with Crippen LogP contribution in [-0.4, -0.2) is 12.3 Å². The van der Waals surface area contributed by atoms with E-state index >= 15 is 0 Å². The summed E-state index contributed by atoms with van der Waals surface area (Å²) in [6.07, 6.45) is 4.03. The molecule has 2 nitrogen and oxygen atoms in total. The standard InChI is InChI=1S/C13H17F2NO/c14-11-7-6-10(9-12(11)15)13(17)5-3-1-2-4-8-16/h6-7,9H,1-5,8,16H2. The Bertz CT molecular complexity index is 380. The molecule has 94 valence electrons.